The molecule has 4 nitrogen and oxygen atoms in total. The van der Waals surface area contributed by atoms with Crippen molar-refractivity contribution >= 4 is 5.91 Å². The number of aliphatic hydroxyl groups excluding tert-OH is 1. The first kappa shape index (κ1) is 22.2. The lowest BCUT2D eigenvalue weighted by atomic mass is 9.75. The molecule has 1 amide bonds. The average molecular weight is 378 g/mol. The molecule has 0 unspecified atom stereocenters. The van der Waals surface area contributed by atoms with Gasteiger partial charge >= 0.3 is 0 Å². The Hall–Kier alpha value is -1.13. The number of hydrogen-bond acceptors (Lipinski definition) is 3. The Kier molecular flexibility index (Phi) is 7.70. The van der Waals surface area contributed by atoms with Gasteiger partial charge in [0.25, 0.3) is 0 Å². The summed E-state index contributed by atoms with van der Waals surface area (Å²) in [5.41, 5.74) is 0.380. The molecule has 2 aliphatic heterocycles. The molecule has 154 valence electrons. The Bertz CT molecular complexity index is 570. The van der Waals surface area contributed by atoms with Crippen LogP contribution in [0.3, 0.4) is 0 Å². The Balaban J connectivity index is 2.11. The standard InChI is InChI=1S/C23H39NO3/c1-7-9-10-11-15(3)20(25)14-21-16(4)12-17(5)23(27-21)18(6)13-19(8-2)22(26)24-23/h7,9,12,15-16,18-21,25H,8,10-11,13-14H2,1-6H3,(H,24,26)/t15-,16+,18-,19-,20-,21-,23-/m0/s1. The number of piperidine rings is 1. The van der Waals surface area contributed by atoms with Crippen LogP contribution < -0.4 is 5.32 Å². The highest BCUT2D eigenvalue weighted by molar-refractivity contribution is 5.80. The number of rotatable bonds is 7. The third-order valence-corrected chi connectivity index (χ3v) is 6.68. The van der Waals surface area contributed by atoms with Crippen LogP contribution in [-0.4, -0.2) is 28.9 Å². The van der Waals surface area contributed by atoms with Gasteiger partial charge in [-0.15, -0.1) is 0 Å². The van der Waals surface area contributed by atoms with Gasteiger partial charge in [-0.1, -0.05) is 45.9 Å². The first-order valence-corrected chi connectivity index (χ1v) is 10.7. The van der Waals surface area contributed by atoms with Gasteiger partial charge in [0.05, 0.1) is 12.2 Å². The van der Waals surface area contributed by atoms with E-state index < -0.39 is 11.8 Å². The van der Waals surface area contributed by atoms with Crippen molar-refractivity contribution in [3.63, 3.8) is 0 Å². The number of amides is 1. The maximum atomic E-state index is 12.6. The molecule has 4 heteroatoms. The van der Waals surface area contributed by atoms with Crippen molar-refractivity contribution in [3.8, 4) is 0 Å². The predicted octanol–water partition coefficient (Wildman–Crippen LogP) is 4.59. The molecular weight excluding hydrogens is 338 g/mol. The Labute approximate surface area is 165 Å². The Morgan fingerprint density at radius 3 is 2.78 bits per heavy atom. The summed E-state index contributed by atoms with van der Waals surface area (Å²) in [4.78, 5) is 12.6. The van der Waals surface area contributed by atoms with Crippen LogP contribution in [-0.2, 0) is 9.53 Å². The molecule has 0 bridgehead atoms. The van der Waals surface area contributed by atoms with Crippen molar-refractivity contribution in [2.75, 3.05) is 0 Å². The molecular formula is C23H39NO3. The number of nitrogens with one attached hydrogen (secondary N) is 1. The van der Waals surface area contributed by atoms with E-state index in [0.29, 0.717) is 6.42 Å². The largest absolute Gasteiger partial charge is 0.393 e. The fraction of sp³-hybridized carbons (Fsp3) is 0.783. The zero-order valence-electron chi connectivity index (χ0n) is 18.0. The highest BCUT2D eigenvalue weighted by Crippen LogP contribution is 2.43. The second kappa shape index (κ2) is 9.38. The van der Waals surface area contributed by atoms with Crippen LogP contribution in [0.5, 0.6) is 0 Å². The molecule has 0 aliphatic carbocycles. The van der Waals surface area contributed by atoms with E-state index in [0.717, 1.165) is 31.3 Å². The summed E-state index contributed by atoms with van der Waals surface area (Å²) in [5, 5.41) is 13.9. The van der Waals surface area contributed by atoms with Crippen LogP contribution in [0.15, 0.2) is 23.8 Å². The van der Waals surface area contributed by atoms with Crippen molar-refractivity contribution in [1.29, 1.82) is 0 Å². The predicted molar refractivity (Wildman–Crippen MR) is 110 cm³/mol. The zero-order chi connectivity index (χ0) is 20.2. The molecule has 1 fully saturated rings. The van der Waals surface area contributed by atoms with Gasteiger partial charge in [0.15, 0.2) is 5.72 Å². The SMILES string of the molecule is CC=CCC[C@H](C)[C@@H](O)C[C@@H]1O[C@@]2(NC(=O)[C@@H](CC)C[C@@H]2C)C(C)=C[C@H]1C. The van der Waals surface area contributed by atoms with E-state index in [-0.39, 0.29) is 35.7 Å². The number of carbonyl (C=O) groups is 1. The third-order valence-electron chi connectivity index (χ3n) is 6.68. The molecule has 2 rings (SSSR count). The lowest BCUT2D eigenvalue weighted by Crippen LogP contribution is -2.64. The maximum Gasteiger partial charge on any atom is 0.225 e. The van der Waals surface area contributed by atoms with Crippen LogP contribution in [0, 0.1) is 23.7 Å². The van der Waals surface area contributed by atoms with E-state index in [2.05, 4.69) is 58.2 Å². The van der Waals surface area contributed by atoms with Crippen molar-refractivity contribution in [3.05, 3.63) is 23.8 Å². The topological polar surface area (TPSA) is 58.6 Å². The van der Waals surface area contributed by atoms with Crippen LogP contribution in [0.2, 0.25) is 0 Å². The molecule has 0 saturated carbocycles. The van der Waals surface area contributed by atoms with E-state index in [1.54, 1.807) is 0 Å². The number of allylic oxidation sites excluding steroid dienone is 2. The summed E-state index contributed by atoms with van der Waals surface area (Å²) >= 11 is 0. The third kappa shape index (κ3) is 4.83. The van der Waals surface area contributed by atoms with E-state index >= 15 is 0 Å². The zero-order valence-corrected chi connectivity index (χ0v) is 18.0. The summed E-state index contributed by atoms with van der Waals surface area (Å²) in [6, 6.07) is 0. The van der Waals surface area contributed by atoms with Crippen molar-refractivity contribution in [2.24, 2.45) is 23.7 Å². The van der Waals surface area contributed by atoms with E-state index in [1.807, 2.05) is 6.92 Å². The monoisotopic (exact) mass is 377 g/mol. The quantitative estimate of drug-likeness (QED) is 0.638. The van der Waals surface area contributed by atoms with Crippen LogP contribution >= 0.6 is 0 Å². The molecule has 7 atom stereocenters. The molecule has 2 N–H and O–H groups in total. The van der Waals surface area contributed by atoms with Gasteiger partial charge in [0, 0.05) is 24.2 Å². The fourth-order valence-electron chi connectivity index (χ4n) is 4.61. The highest BCUT2D eigenvalue weighted by atomic mass is 16.5. The minimum atomic E-state index is -0.714. The number of hydrogen-bond donors (Lipinski definition) is 2. The van der Waals surface area contributed by atoms with Gasteiger partial charge in [0.2, 0.25) is 5.91 Å². The fourth-order valence-corrected chi connectivity index (χ4v) is 4.61. The van der Waals surface area contributed by atoms with Crippen LogP contribution in [0.4, 0.5) is 0 Å². The molecule has 0 radical (unpaired) electrons. The minimum Gasteiger partial charge on any atom is -0.393 e. The lowest BCUT2D eigenvalue weighted by Gasteiger charge is -2.51. The van der Waals surface area contributed by atoms with Crippen LogP contribution in [0.25, 0.3) is 0 Å². The summed E-state index contributed by atoms with van der Waals surface area (Å²) in [7, 11) is 0. The van der Waals surface area contributed by atoms with Crippen molar-refractivity contribution in [2.45, 2.75) is 91.6 Å². The smallest absolute Gasteiger partial charge is 0.225 e. The second-order valence-electron chi connectivity index (χ2n) is 8.76. The normalized spacial score (nSPS) is 36.6. The molecule has 0 aromatic heterocycles. The summed E-state index contributed by atoms with van der Waals surface area (Å²) < 4.78 is 6.59. The summed E-state index contributed by atoms with van der Waals surface area (Å²) in [6.07, 6.45) is 10.2. The molecule has 2 heterocycles. The number of ether oxygens (including phenoxy) is 1. The van der Waals surface area contributed by atoms with Gasteiger partial charge in [-0.25, -0.2) is 0 Å². The van der Waals surface area contributed by atoms with E-state index in [9.17, 15) is 9.90 Å². The second-order valence-corrected chi connectivity index (χ2v) is 8.76. The Morgan fingerprint density at radius 2 is 2.15 bits per heavy atom. The maximum absolute atomic E-state index is 12.6. The summed E-state index contributed by atoms with van der Waals surface area (Å²) in [5.74, 6) is 0.827. The van der Waals surface area contributed by atoms with Gasteiger partial charge in [-0.2, -0.15) is 0 Å². The molecule has 27 heavy (non-hydrogen) atoms. The number of carbonyl (C=O) groups excluding carboxylic acids is 1. The highest BCUT2D eigenvalue weighted by Gasteiger charge is 2.50. The van der Waals surface area contributed by atoms with E-state index in [1.165, 1.54) is 0 Å². The summed E-state index contributed by atoms with van der Waals surface area (Å²) in [6.45, 7) is 12.6. The molecule has 1 saturated heterocycles. The van der Waals surface area contributed by atoms with Gasteiger partial charge < -0.3 is 15.2 Å². The molecule has 0 aromatic rings. The molecule has 1 spiro atoms. The Morgan fingerprint density at radius 1 is 1.44 bits per heavy atom. The van der Waals surface area contributed by atoms with Gasteiger partial charge in [-0.3, -0.25) is 4.79 Å². The minimum absolute atomic E-state index is 0.0667. The number of aliphatic hydroxyl groups is 1. The first-order valence-electron chi connectivity index (χ1n) is 10.7. The van der Waals surface area contributed by atoms with Crippen LogP contribution in [0.1, 0.15) is 73.6 Å². The molecule has 2 aliphatic rings. The first-order chi connectivity index (χ1) is 12.7. The molecule has 0 aromatic carbocycles. The van der Waals surface area contributed by atoms with E-state index in [4.69, 9.17) is 4.74 Å². The van der Waals surface area contributed by atoms with Crippen molar-refractivity contribution < 1.29 is 14.6 Å². The lowest BCUT2D eigenvalue weighted by molar-refractivity contribution is -0.179. The van der Waals surface area contributed by atoms with Crippen molar-refractivity contribution in [1.82, 2.24) is 5.32 Å². The van der Waals surface area contributed by atoms with Gasteiger partial charge in [0.1, 0.15) is 0 Å². The van der Waals surface area contributed by atoms with Gasteiger partial charge in [-0.05, 0) is 51.0 Å². The average Bonchev–Trinajstić information content (AvgIpc) is 2.62.